The lowest BCUT2D eigenvalue weighted by Gasteiger charge is -2.48. The van der Waals surface area contributed by atoms with Gasteiger partial charge in [0.15, 0.2) is 0 Å². The molecule has 3 fully saturated rings. The van der Waals surface area contributed by atoms with Gasteiger partial charge >= 0.3 is 6.03 Å². The standard InChI is InChI=1S/C12H19N3O2/c1-14-8-3-2-4-9(14)6-10(5-8)15-7-11(16)13-12(15)17/h8-10H,2-7H2,1H3,(H,13,16,17). The van der Waals surface area contributed by atoms with Crippen LogP contribution in [-0.2, 0) is 4.79 Å². The van der Waals surface area contributed by atoms with Crippen molar-refractivity contribution >= 4 is 11.9 Å². The summed E-state index contributed by atoms with van der Waals surface area (Å²) in [6, 6.07) is 1.25. The molecule has 0 aromatic heterocycles. The Bertz CT molecular complexity index is 344. The molecule has 0 aromatic carbocycles. The zero-order valence-corrected chi connectivity index (χ0v) is 10.2. The largest absolute Gasteiger partial charge is 0.324 e. The second-order valence-electron chi connectivity index (χ2n) is 5.51. The number of rotatable bonds is 1. The Balaban J connectivity index is 1.73. The van der Waals surface area contributed by atoms with E-state index in [9.17, 15) is 9.59 Å². The highest BCUT2D eigenvalue weighted by molar-refractivity contribution is 6.02. The van der Waals surface area contributed by atoms with Gasteiger partial charge in [-0.25, -0.2) is 4.79 Å². The monoisotopic (exact) mass is 237 g/mol. The lowest BCUT2D eigenvalue weighted by Crippen LogP contribution is -2.55. The van der Waals surface area contributed by atoms with Crippen LogP contribution in [0.3, 0.4) is 0 Å². The number of hydrogen-bond acceptors (Lipinski definition) is 3. The van der Waals surface area contributed by atoms with E-state index in [1.165, 1.54) is 19.3 Å². The summed E-state index contributed by atoms with van der Waals surface area (Å²) in [5.74, 6) is -0.154. The SMILES string of the molecule is CN1C2CCCC1CC(N1CC(=O)NC1=O)C2. The molecular formula is C12H19N3O2. The molecule has 0 radical (unpaired) electrons. The summed E-state index contributed by atoms with van der Waals surface area (Å²) < 4.78 is 0. The van der Waals surface area contributed by atoms with Crippen molar-refractivity contribution < 1.29 is 9.59 Å². The van der Waals surface area contributed by atoms with Gasteiger partial charge in [-0.15, -0.1) is 0 Å². The molecule has 94 valence electrons. The first kappa shape index (κ1) is 11.0. The Morgan fingerprint density at radius 1 is 1.12 bits per heavy atom. The van der Waals surface area contributed by atoms with Crippen molar-refractivity contribution in [3.63, 3.8) is 0 Å². The molecule has 3 amide bonds. The van der Waals surface area contributed by atoms with Crippen LogP contribution in [0.25, 0.3) is 0 Å². The molecule has 17 heavy (non-hydrogen) atoms. The van der Waals surface area contributed by atoms with E-state index in [1.807, 2.05) is 0 Å². The van der Waals surface area contributed by atoms with Crippen LogP contribution < -0.4 is 5.32 Å². The van der Waals surface area contributed by atoms with Gasteiger partial charge in [0.1, 0.15) is 6.54 Å². The highest BCUT2D eigenvalue weighted by atomic mass is 16.2. The maximum absolute atomic E-state index is 11.7. The third kappa shape index (κ3) is 1.82. The van der Waals surface area contributed by atoms with Crippen LogP contribution in [0.5, 0.6) is 0 Å². The molecule has 3 saturated heterocycles. The number of carbonyl (C=O) groups is 2. The third-order valence-electron chi connectivity index (χ3n) is 4.58. The van der Waals surface area contributed by atoms with Crippen LogP contribution >= 0.6 is 0 Å². The van der Waals surface area contributed by atoms with Gasteiger partial charge in [0.05, 0.1) is 0 Å². The maximum atomic E-state index is 11.7. The minimum Gasteiger partial charge on any atom is -0.312 e. The van der Waals surface area contributed by atoms with Crippen LogP contribution in [0.4, 0.5) is 4.79 Å². The average molecular weight is 237 g/mol. The van der Waals surface area contributed by atoms with Crippen molar-refractivity contribution in [2.75, 3.05) is 13.6 Å². The highest BCUT2D eigenvalue weighted by Crippen LogP contribution is 2.35. The summed E-state index contributed by atoms with van der Waals surface area (Å²) in [5.41, 5.74) is 0. The van der Waals surface area contributed by atoms with Gasteiger partial charge in [-0.05, 0) is 32.7 Å². The topological polar surface area (TPSA) is 52.6 Å². The summed E-state index contributed by atoms with van der Waals surface area (Å²) in [6.07, 6.45) is 5.80. The minimum atomic E-state index is -0.192. The molecule has 3 heterocycles. The number of nitrogens with zero attached hydrogens (tertiary/aromatic N) is 2. The first-order chi connectivity index (χ1) is 8.15. The molecule has 2 unspecified atom stereocenters. The number of carbonyl (C=O) groups excluding carboxylic acids is 2. The van der Waals surface area contributed by atoms with Crippen molar-refractivity contribution in [2.24, 2.45) is 0 Å². The van der Waals surface area contributed by atoms with Crippen LogP contribution in [0, 0.1) is 0 Å². The van der Waals surface area contributed by atoms with Crippen LogP contribution in [-0.4, -0.2) is 53.5 Å². The molecule has 5 heteroatoms. The zero-order valence-electron chi connectivity index (χ0n) is 10.2. The van der Waals surface area contributed by atoms with Crippen molar-refractivity contribution in [1.29, 1.82) is 0 Å². The fourth-order valence-electron chi connectivity index (χ4n) is 3.59. The van der Waals surface area contributed by atoms with E-state index in [0.29, 0.717) is 12.1 Å². The number of imide groups is 1. The van der Waals surface area contributed by atoms with E-state index in [-0.39, 0.29) is 24.5 Å². The third-order valence-corrected chi connectivity index (χ3v) is 4.58. The molecule has 5 nitrogen and oxygen atoms in total. The smallest absolute Gasteiger partial charge is 0.312 e. The normalized spacial score (nSPS) is 38.4. The summed E-state index contributed by atoms with van der Waals surface area (Å²) in [7, 11) is 2.19. The van der Waals surface area contributed by atoms with Gasteiger partial charge in [-0.1, -0.05) is 6.42 Å². The minimum absolute atomic E-state index is 0.154. The molecule has 0 aromatic rings. The average Bonchev–Trinajstić information content (AvgIpc) is 2.57. The summed E-state index contributed by atoms with van der Waals surface area (Å²) in [6.45, 7) is 0.257. The fourth-order valence-corrected chi connectivity index (χ4v) is 3.59. The summed E-state index contributed by atoms with van der Waals surface area (Å²) in [4.78, 5) is 27.1. The van der Waals surface area contributed by atoms with Crippen LogP contribution in [0.15, 0.2) is 0 Å². The summed E-state index contributed by atoms with van der Waals surface area (Å²) in [5, 5.41) is 2.38. The Hall–Kier alpha value is -1.10. The van der Waals surface area contributed by atoms with Crippen molar-refractivity contribution in [2.45, 2.75) is 50.2 Å². The molecule has 0 spiro atoms. The van der Waals surface area contributed by atoms with Gasteiger partial charge in [-0.2, -0.15) is 0 Å². The first-order valence-corrected chi connectivity index (χ1v) is 6.47. The summed E-state index contributed by atoms with van der Waals surface area (Å²) >= 11 is 0. The molecule has 3 aliphatic heterocycles. The highest BCUT2D eigenvalue weighted by Gasteiger charge is 2.41. The van der Waals surface area contributed by atoms with E-state index in [4.69, 9.17) is 0 Å². The Morgan fingerprint density at radius 3 is 2.29 bits per heavy atom. The Labute approximate surface area is 101 Å². The molecule has 2 atom stereocenters. The molecule has 3 aliphatic rings. The lowest BCUT2D eigenvalue weighted by molar-refractivity contribution is -0.118. The Morgan fingerprint density at radius 2 is 1.76 bits per heavy atom. The van der Waals surface area contributed by atoms with Gasteiger partial charge in [0.25, 0.3) is 0 Å². The van der Waals surface area contributed by atoms with E-state index in [2.05, 4.69) is 17.3 Å². The Kier molecular flexibility index (Phi) is 2.58. The van der Waals surface area contributed by atoms with Gasteiger partial charge in [0.2, 0.25) is 5.91 Å². The first-order valence-electron chi connectivity index (χ1n) is 6.47. The van der Waals surface area contributed by atoms with Gasteiger partial charge < -0.3 is 9.80 Å². The number of nitrogens with one attached hydrogen (secondary N) is 1. The van der Waals surface area contributed by atoms with Gasteiger partial charge in [-0.3, -0.25) is 10.1 Å². The fraction of sp³-hybridized carbons (Fsp3) is 0.833. The van der Waals surface area contributed by atoms with Crippen molar-refractivity contribution in [3.8, 4) is 0 Å². The predicted molar refractivity (Wildman–Crippen MR) is 62.5 cm³/mol. The van der Waals surface area contributed by atoms with Crippen LogP contribution in [0.1, 0.15) is 32.1 Å². The molecule has 2 bridgehead atoms. The molecule has 3 rings (SSSR count). The number of hydrogen-bond donors (Lipinski definition) is 1. The number of amides is 3. The van der Waals surface area contributed by atoms with E-state index in [1.54, 1.807) is 4.90 Å². The molecular weight excluding hydrogens is 218 g/mol. The van der Waals surface area contributed by atoms with Gasteiger partial charge in [0, 0.05) is 18.1 Å². The van der Waals surface area contributed by atoms with Crippen LogP contribution in [0.2, 0.25) is 0 Å². The molecule has 0 saturated carbocycles. The zero-order chi connectivity index (χ0) is 12.0. The lowest BCUT2D eigenvalue weighted by atomic mass is 9.82. The van der Waals surface area contributed by atoms with E-state index < -0.39 is 0 Å². The number of piperidine rings is 2. The van der Waals surface area contributed by atoms with Crippen molar-refractivity contribution in [1.82, 2.24) is 15.1 Å². The predicted octanol–water partition coefficient (Wildman–Crippen LogP) is 0.554. The molecule has 1 N–H and O–H groups in total. The second-order valence-corrected chi connectivity index (χ2v) is 5.51. The number of fused-ring (bicyclic) bond motifs is 2. The quantitative estimate of drug-likeness (QED) is 0.678. The van der Waals surface area contributed by atoms with Crippen molar-refractivity contribution in [3.05, 3.63) is 0 Å². The maximum Gasteiger partial charge on any atom is 0.324 e. The number of urea groups is 1. The second kappa shape index (κ2) is 3.98. The van der Waals surface area contributed by atoms with E-state index in [0.717, 1.165) is 12.8 Å². The van der Waals surface area contributed by atoms with E-state index >= 15 is 0 Å². The molecule has 0 aliphatic carbocycles.